The van der Waals surface area contributed by atoms with Crippen LogP contribution in [0, 0.1) is 20.8 Å². The highest BCUT2D eigenvalue weighted by molar-refractivity contribution is 5.37. The number of unbranched alkanes of at least 4 members (excludes halogenated alkanes) is 3. The van der Waals surface area contributed by atoms with E-state index in [0.29, 0.717) is 0 Å². The molecule has 0 aliphatic carbocycles. The summed E-state index contributed by atoms with van der Waals surface area (Å²) in [5, 5.41) is 0. The molecule has 0 spiro atoms. The van der Waals surface area contributed by atoms with Crippen LogP contribution < -0.4 is 0 Å². The van der Waals surface area contributed by atoms with E-state index in [9.17, 15) is 0 Å². The predicted octanol–water partition coefficient (Wildman–Crippen LogP) is 4.73. The van der Waals surface area contributed by atoms with Gasteiger partial charge in [-0.15, -0.1) is 0 Å². The first kappa shape index (κ1) is 12.3. The largest absolute Gasteiger partial charge is 0.0654 e. The fourth-order valence-corrected chi connectivity index (χ4v) is 2.13. The molecular formula is C15H24. The third-order valence-electron chi connectivity index (χ3n) is 3.22. The molecule has 0 radical (unpaired) electrons. The second-order valence-corrected chi connectivity index (χ2v) is 4.68. The predicted molar refractivity (Wildman–Crippen MR) is 68.5 cm³/mol. The highest BCUT2D eigenvalue weighted by Crippen LogP contribution is 2.18. The lowest BCUT2D eigenvalue weighted by Gasteiger charge is -2.10. The zero-order valence-corrected chi connectivity index (χ0v) is 10.7. The van der Waals surface area contributed by atoms with Crippen molar-refractivity contribution in [3.63, 3.8) is 0 Å². The summed E-state index contributed by atoms with van der Waals surface area (Å²) < 4.78 is 0. The van der Waals surface area contributed by atoms with Crippen molar-refractivity contribution in [3.8, 4) is 0 Å². The van der Waals surface area contributed by atoms with Crippen molar-refractivity contribution in [2.45, 2.75) is 59.8 Å². The van der Waals surface area contributed by atoms with Crippen molar-refractivity contribution in [1.29, 1.82) is 0 Å². The van der Waals surface area contributed by atoms with E-state index in [2.05, 4.69) is 39.8 Å². The summed E-state index contributed by atoms with van der Waals surface area (Å²) in [6.07, 6.45) is 6.69. The van der Waals surface area contributed by atoms with Crippen LogP contribution in [-0.4, -0.2) is 0 Å². The zero-order valence-electron chi connectivity index (χ0n) is 10.7. The van der Waals surface area contributed by atoms with Gasteiger partial charge in [-0.3, -0.25) is 0 Å². The van der Waals surface area contributed by atoms with E-state index in [0.717, 1.165) is 0 Å². The minimum atomic E-state index is 1.26. The summed E-state index contributed by atoms with van der Waals surface area (Å²) >= 11 is 0. The molecule has 1 rings (SSSR count). The van der Waals surface area contributed by atoms with Crippen LogP contribution in [0.2, 0.25) is 0 Å². The van der Waals surface area contributed by atoms with Gasteiger partial charge in [-0.05, 0) is 50.3 Å². The van der Waals surface area contributed by atoms with E-state index in [1.165, 1.54) is 48.8 Å². The van der Waals surface area contributed by atoms with E-state index in [4.69, 9.17) is 0 Å². The molecule has 0 heterocycles. The van der Waals surface area contributed by atoms with Gasteiger partial charge in [0.2, 0.25) is 0 Å². The number of hydrogen-bond acceptors (Lipinski definition) is 0. The van der Waals surface area contributed by atoms with Crippen LogP contribution in [0.5, 0.6) is 0 Å². The molecule has 0 aromatic heterocycles. The maximum Gasteiger partial charge on any atom is -0.0276 e. The number of aryl methyl sites for hydroxylation is 3. The standard InChI is InChI=1S/C15H24/c1-5-6-7-8-9-15-11-12(2)10-13(3)14(15)4/h10-11H,5-9H2,1-4H3. The third-order valence-corrected chi connectivity index (χ3v) is 3.22. The monoisotopic (exact) mass is 204 g/mol. The van der Waals surface area contributed by atoms with Gasteiger partial charge >= 0.3 is 0 Å². The quantitative estimate of drug-likeness (QED) is 0.608. The smallest absolute Gasteiger partial charge is 0.0276 e. The first-order chi connectivity index (χ1) is 7.15. The normalized spacial score (nSPS) is 10.7. The molecule has 1 aromatic carbocycles. The van der Waals surface area contributed by atoms with E-state index in [-0.39, 0.29) is 0 Å². The van der Waals surface area contributed by atoms with Crippen molar-refractivity contribution in [2.24, 2.45) is 0 Å². The Labute approximate surface area is 94.7 Å². The number of hydrogen-bond donors (Lipinski definition) is 0. The fraction of sp³-hybridized carbons (Fsp3) is 0.600. The van der Waals surface area contributed by atoms with E-state index in [1.54, 1.807) is 5.56 Å². The van der Waals surface area contributed by atoms with Crippen molar-refractivity contribution in [1.82, 2.24) is 0 Å². The van der Waals surface area contributed by atoms with Crippen LogP contribution in [0.15, 0.2) is 12.1 Å². The Balaban J connectivity index is 2.60. The highest BCUT2D eigenvalue weighted by atomic mass is 14.1. The van der Waals surface area contributed by atoms with E-state index < -0.39 is 0 Å². The molecule has 0 saturated heterocycles. The van der Waals surface area contributed by atoms with Crippen molar-refractivity contribution in [3.05, 3.63) is 34.4 Å². The van der Waals surface area contributed by atoms with Gasteiger partial charge < -0.3 is 0 Å². The van der Waals surface area contributed by atoms with Crippen LogP contribution in [0.1, 0.15) is 54.9 Å². The highest BCUT2D eigenvalue weighted by Gasteiger charge is 2.02. The lowest BCUT2D eigenvalue weighted by molar-refractivity contribution is 0.665. The Morgan fingerprint density at radius 2 is 1.67 bits per heavy atom. The first-order valence-electron chi connectivity index (χ1n) is 6.22. The summed E-state index contributed by atoms with van der Waals surface area (Å²) in [7, 11) is 0. The molecule has 0 fully saturated rings. The van der Waals surface area contributed by atoms with Crippen LogP contribution in [0.25, 0.3) is 0 Å². The van der Waals surface area contributed by atoms with Gasteiger partial charge in [0.15, 0.2) is 0 Å². The molecule has 0 atom stereocenters. The minimum absolute atomic E-state index is 1.26. The lowest BCUT2D eigenvalue weighted by Crippen LogP contribution is -1.94. The van der Waals surface area contributed by atoms with Gasteiger partial charge in [0.25, 0.3) is 0 Å². The number of benzene rings is 1. The summed E-state index contributed by atoms with van der Waals surface area (Å²) in [6.45, 7) is 8.94. The summed E-state index contributed by atoms with van der Waals surface area (Å²) in [6, 6.07) is 4.64. The summed E-state index contributed by atoms with van der Waals surface area (Å²) in [5.74, 6) is 0. The molecule has 0 aliphatic heterocycles. The molecule has 0 nitrogen and oxygen atoms in total. The summed E-state index contributed by atoms with van der Waals surface area (Å²) in [4.78, 5) is 0. The first-order valence-corrected chi connectivity index (χ1v) is 6.22. The second-order valence-electron chi connectivity index (χ2n) is 4.68. The molecular weight excluding hydrogens is 180 g/mol. The van der Waals surface area contributed by atoms with Gasteiger partial charge in [-0.2, -0.15) is 0 Å². The Morgan fingerprint density at radius 3 is 2.33 bits per heavy atom. The second kappa shape index (κ2) is 5.95. The topological polar surface area (TPSA) is 0 Å². The van der Waals surface area contributed by atoms with Gasteiger partial charge in [0.1, 0.15) is 0 Å². The molecule has 0 bridgehead atoms. The molecule has 0 unspecified atom stereocenters. The lowest BCUT2D eigenvalue weighted by atomic mass is 9.96. The molecule has 0 saturated carbocycles. The van der Waals surface area contributed by atoms with Gasteiger partial charge in [0.05, 0.1) is 0 Å². The summed E-state index contributed by atoms with van der Waals surface area (Å²) in [5.41, 5.74) is 5.91. The van der Waals surface area contributed by atoms with Crippen LogP contribution >= 0.6 is 0 Å². The van der Waals surface area contributed by atoms with Crippen molar-refractivity contribution >= 4 is 0 Å². The number of rotatable bonds is 5. The van der Waals surface area contributed by atoms with Crippen molar-refractivity contribution < 1.29 is 0 Å². The molecule has 0 heteroatoms. The third kappa shape index (κ3) is 3.70. The van der Waals surface area contributed by atoms with Gasteiger partial charge in [-0.1, -0.05) is 43.9 Å². The Morgan fingerprint density at radius 1 is 0.933 bits per heavy atom. The minimum Gasteiger partial charge on any atom is -0.0654 e. The molecule has 1 aromatic rings. The van der Waals surface area contributed by atoms with Crippen LogP contribution in [-0.2, 0) is 6.42 Å². The molecule has 84 valence electrons. The average Bonchev–Trinajstić information content (AvgIpc) is 2.19. The fourth-order valence-electron chi connectivity index (χ4n) is 2.13. The average molecular weight is 204 g/mol. The Hall–Kier alpha value is -0.780. The Bertz CT molecular complexity index is 310. The Kier molecular flexibility index (Phi) is 4.87. The zero-order chi connectivity index (χ0) is 11.3. The van der Waals surface area contributed by atoms with E-state index in [1.807, 2.05) is 0 Å². The van der Waals surface area contributed by atoms with Crippen molar-refractivity contribution in [2.75, 3.05) is 0 Å². The SMILES string of the molecule is CCCCCCc1cc(C)cc(C)c1C. The van der Waals surface area contributed by atoms with Crippen LogP contribution in [0.4, 0.5) is 0 Å². The maximum atomic E-state index is 2.36. The molecule has 0 amide bonds. The van der Waals surface area contributed by atoms with Crippen LogP contribution in [0.3, 0.4) is 0 Å². The maximum absolute atomic E-state index is 2.36. The molecule has 0 N–H and O–H groups in total. The van der Waals surface area contributed by atoms with Gasteiger partial charge in [-0.25, -0.2) is 0 Å². The van der Waals surface area contributed by atoms with Gasteiger partial charge in [0, 0.05) is 0 Å². The van der Waals surface area contributed by atoms with E-state index >= 15 is 0 Å². The molecule has 15 heavy (non-hydrogen) atoms. The molecule has 0 aliphatic rings.